The van der Waals surface area contributed by atoms with Crippen LogP contribution in [0.5, 0.6) is 0 Å². The van der Waals surface area contributed by atoms with Crippen LogP contribution >= 0.6 is 23.2 Å². The highest BCUT2D eigenvalue weighted by Crippen LogP contribution is 2.26. The predicted octanol–water partition coefficient (Wildman–Crippen LogP) is 3.64. The van der Waals surface area contributed by atoms with Crippen LogP contribution in [0.25, 0.3) is 0 Å². The van der Waals surface area contributed by atoms with Gasteiger partial charge in [0.2, 0.25) is 5.95 Å². The number of halogens is 2. The van der Waals surface area contributed by atoms with Gasteiger partial charge in [-0.1, -0.05) is 29.3 Å². The van der Waals surface area contributed by atoms with Crippen molar-refractivity contribution >= 4 is 29.2 Å². The van der Waals surface area contributed by atoms with Gasteiger partial charge in [0.25, 0.3) is 0 Å². The second kappa shape index (κ2) is 6.69. The largest absolute Gasteiger partial charge is 0.348 e. The topological polar surface area (TPSA) is 33.1 Å². The molecule has 2 rings (SSSR count). The third-order valence-electron chi connectivity index (χ3n) is 3.48. The number of nitrogens with one attached hydrogen (secondary N) is 1. The third-order valence-corrected chi connectivity index (χ3v) is 4.04. The summed E-state index contributed by atoms with van der Waals surface area (Å²) in [6, 6.07) is 5.71. The van der Waals surface area contributed by atoms with Gasteiger partial charge in [-0.15, -0.1) is 0 Å². The van der Waals surface area contributed by atoms with Crippen molar-refractivity contribution in [1.82, 2.24) is 14.9 Å². The minimum absolute atomic E-state index is 0.132. The maximum Gasteiger partial charge on any atom is 0.204 e. The van der Waals surface area contributed by atoms with E-state index in [9.17, 15) is 0 Å². The highest BCUT2D eigenvalue weighted by atomic mass is 35.5. The molecule has 0 aliphatic carbocycles. The number of rotatable bonds is 5. The van der Waals surface area contributed by atoms with Gasteiger partial charge in [0, 0.05) is 43.8 Å². The van der Waals surface area contributed by atoms with E-state index >= 15 is 0 Å². The second-order valence-corrected chi connectivity index (χ2v) is 6.12. The summed E-state index contributed by atoms with van der Waals surface area (Å²) in [5.41, 5.74) is 2.16. The molecule has 4 nitrogen and oxygen atoms in total. The Morgan fingerprint density at radius 2 is 2.05 bits per heavy atom. The standard InChI is InChI=1S/C15H20Cl2N4/c1-10(13-6-5-11(16)7-14(13)17)18-8-12-9-19-15(20(2)3)21(12)4/h5-7,9-10,18H,8H2,1-4H3. The van der Waals surface area contributed by atoms with Crippen molar-refractivity contribution in [3.05, 3.63) is 45.7 Å². The SMILES string of the molecule is CC(NCc1cnc(N(C)C)n1C)c1ccc(Cl)cc1Cl. The molecular weight excluding hydrogens is 307 g/mol. The van der Waals surface area contributed by atoms with Crippen LogP contribution in [-0.2, 0) is 13.6 Å². The van der Waals surface area contributed by atoms with Crippen LogP contribution in [0, 0.1) is 0 Å². The number of benzene rings is 1. The summed E-state index contributed by atoms with van der Waals surface area (Å²) in [5, 5.41) is 4.79. The fourth-order valence-corrected chi connectivity index (χ4v) is 2.81. The average molecular weight is 327 g/mol. The minimum Gasteiger partial charge on any atom is -0.348 e. The van der Waals surface area contributed by atoms with Gasteiger partial charge in [0.05, 0.1) is 11.9 Å². The molecule has 0 radical (unpaired) electrons. The Hall–Kier alpha value is -1.23. The van der Waals surface area contributed by atoms with Gasteiger partial charge in [0.15, 0.2) is 0 Å². The van der Waals surface area contributed by atoms with Crippen LogP contribution in [0.4, 0.5) is 5.95 Å². The first kappa shape index (κ1) is 16.1. The minimum atomic E-state index is 0.132. The van der Waals surface area contributed by atoms with E-state index < -0.39 is 0 Å². The lowest BCUT2D eigenvalue weighted by molar-refractivity contribution is 0.558. The van der Waals surface area contributed by atoms with Gasteiger partial charge < -0.3 is 14.8 Å². The lowest BCUT2D eigenvalue weighted by Gasteiger charge is -2.17. The molecule has 2 aromatic rings. The van der Waals surface area contributed by atoms with E-state index in [1.165, 1.54) is 0 Å². The van der Waals surface area contributed by atoms with Crippen LogP contribution in [0.1, 0.15) is 24.2 Å². The molecule has 0 fully saturated rings. The summed E-state index contributed by atoms with van der Waals surface area (Å²) in [6.45, 7) is 2.80. The lowest BCUT2D eigenvalue weighted by atomic mass is 10.1. The van der Waals surface area contributed by atoms with Crippen molar-refractivity contribution in [1.29, 1.82) is 0 Å². The van der Waals surface area contributed by atoms with Crippen molar-refractivity contribution in [2.45, 2.75) is 19.5 Å². The maximum atomic E-state index is 6.23. The Bertz CT molecular complexity index is 622. The molecule has 0 amide bonds. The molecule has 0 aliphatic heterocycles. The first-order valence-electron chi connectivity index (χ1n) is 6.76. The zero-order valence-electron chi connectivity index (χ0n) is 12.7. The van der Waals surface area contributed by atoms with Gasteiger partial charge in [-0.3, -0.25) is 0 Å². The second-order valence-electron chi connectivity index (χ2n) is 5.27. The number of hydrogen-bond acceptors (Lipinski definition) is 3. The van der Waals surface area contributed by atoms with Crippen molar-refractivity contribution < 1.29 is 0 Å². The highest BCUT2D eigenvalue weighted by Gasteiger charge is 2.12. The Morgan fingerprint density at radius 3 is 2.62 bits per heavy atom. The molecule has 6 heteroatoms. The lowest BCUT2D eigenvalue weighted by Crippen LogP contribution is -2.21. The van der Waals surface area contributed by atoms with E-state index in [1.807, 2.05) is 44.4 Å². The normalized spacial score (nSPS) is 12.5. The number of nitrogens with zero attached hydrogens (tertiary/aromatic N) is 3. The van der Waals surface area contributed by atoms with Crippen molar-refractivity contribution in [2.75, 3.05) is 19.0 Å². The van der Waals surface area contributed by atoms with E-state index in [1.54, 1.807) is 6.07 Å². The smallest absolute Gasteiger partial charge is 0.204 e. The molecule has 0 bridgehead atoms. The quantitative estimate of drug-likeness (QED) is 0.910. The van der Waals surface area contributed by atoms with Crippen LogP contribution in [0.15, 0.2) is 24.4 Å². The van der Waals surface area contributed by atoms with Crippen molar-refractivity contribution in [3.63, 3.8) is 0 Å². The first-order chi connectivity index (χ1) is 9.90. The van der Waals surface area contributed by atoms with E-state index in [2.05, 4.69) is 21.8 Å². The molecular formula is C15H20Cl2N4. The van der Waals surface area contributed by atoms with Gasteiger partial charge in [-0.05, 0) is 24.6 Å². The number of aromatic nitrogens is 2. The van der Waals surface area contributed by atoms with Gasteiger partial charge in [-0.2, -0.15) is 0 Å². The summed E-state index contributed by atoms with van der Waals surface area (Å²) in [4.78, 5) is 6.39. The van der Waals surface area contributed by atoms with Crippen LogP contribution in [0.3, 0.4) is 0 Å². The molecule has 1 unspecified atom stereocenters. The Labute approximate surface area is 135 Å². The number of imidazole rings is 1. The summed E-state index contributed by atoms with van der Waals surface area (Å²) in [6.07, 6.45) is 1.89. The van der Waals surface area contributed by atoms with Gasteiger partial charge in [-0.25, -0.2) is 4.98 Å². The average Bonchev–Trinajstić information content (AvgIpc) is 2.77. The van der Waals surface area contributed by atoms with Crippen molar-refractivity contribution in [2.24, 2.45) is 7.05 Å². The van der Waals surface area contributed by atoms with Crippen LogP contribution < -0.4 is 10.2 Å². The number of hydrogen-bond donors (Lipinski definition) is 1. The zero-order valence-corrected chi connectivity index (χ0v) is 14.2. The van der Waals surface area contributed by atoms with E-state index in [4.69, 9.17) is 23.2 Å². The van der Waals surface area contributed by atoms with E-state index in [-0.39, 0.29) is 6.04 Å². The van der Waals surface area contributed by atoms with Crippen LogP contribution in [-0.4, -0.2) is 23.6 Å². The molecule has 0 aliphatic rings. The Kier molecular flexibility index (Phi) is 5.14. The molecule has 1 aromatic carbocycles. The third kappa shape index (κ3) is 3.70. The number of anilines is 1. The summed E-state index contributed by atoms with van der Waals surface area (Å²) < 4.78 is 2.07. The summed E-state index contributed by atoms with van der Waals surface area (Å²) >= 11 is 12.2. The molecule has 114 valence electrons. The van der Waals surface area contributed by atoms with Crippen molar-refractivity contribution in [3.8, 4) is 0 Å². The maximum absolute atomic E-state index is 6.23. The van der Waals surface area contributed by atoms with E-state index in [0.717, 1.165) is 23.8 Å². The molecule has 21 heavy (non-hydrogen) atoms. The summed E-state index contributed by atoms with van der Waals surface area (Å²) in [7, 11) is 5.98. The van der Waals surface area contributed by atoms with Gasteiger partial charge >= 0.3 is 0 Å². The van der Waals surface area contributed by atoms with E-state index in [0.29, 0.717) is 10.0 Å². The predicted molar refractivity (Wildman–Crippen MR) is 89.3 cm³/mol. The molecule has 1 atom stereocenters. The molecule has 0 saturated heterocycles. The molecule has 0 saturated carbocycles. The monoisotopic (exact) mass is 326 g/mol. The molecule has 0 spiro atoms. The highest BCUT2D eigenvalue weighted by molar-refractivity contribution is 6.35. The Balaban J connectivity index is 2.06. The molecule has 1 aromatic heterocycles. The Morgan fingerprint density at radius 1 is 1.33 bits per heavy atom. The van der Waals surface area contributed by atoms with Gasteiger partial charge in [0.1, 0.15) is 0 Å². The van der Waals surface area contributed by atoms with Crippen LogP contribution in [0.2, 0.25) is 10.0 Å². The molecule has 1 heterocycles. The molecule has 1 N–H and O–H groups in total. The zero-order chi connectivity index (χ0) is 15.6. The first-order valence-corrected chi connectivity index (χ1v) is 7.52. The fraction of sp³-hybridized carbons (Fsp3) is 0.400. The fourth-order valence-electron chi connectivity index (χ4n) is 2.23. The summed E-state index contributed by atoms with van der Waals surface area (Å²) in [5.74, 6) is 0.934.